The van der Waals surface area contributed by atoms with E-state index in [0.29, 0.717) is 0 Å². The molecule has 4 heteroatoms. The van der Waals surface area contributed by atoms with Crippen LogP contribution in [0.4, 0.5) is 45.5 Å². The van der Waals surface area contributed by atoms with E-state index in [4.69, 9.17) is 0 Å². The third kappa shape index (κ3) is 7.20. The molecule has 394 valence electrons. The van der Waals surface area contributed by atoms with E-state index in [2.05, 4.69) is 260 Å². The van der Waals surface area contributed by atoms with Crippen molar-refractivity contribution in [1.29, 1.82) is 0 Å². The standard InChI is InChI=1S/C73H84BN3/c1-66(2,3)46-23-21-25-51(37-46)75-61-40-49(69(10,11)12)26-29-57(61)74-58-43-54-55-44-62(58)76(59-30-27-47(67(4,5)6)38-53(59)45-22-20-24-50(36-45)71(55,15)35-34-70(54,13)14)64-42-52(41-63(75)65(64)74)77-60-31-28-48(68(7,8)9)39-56(60)72(16)32-18-19-33-73(72,77)17/h20-31,36-44H,18-19,32-35H2,1-17H3. The van der Waals surface area contributed by atoms with Crippen LogP contribution in [-0.4, -0.2) is 12.3 Å². The maximum Gasteiger partial charge on any atom is 0.252 e. The molecular weight excluding hydrogens is 930 g/mol. The van der Waals surface area contributed by atoms with Crippen molar-refractivity contribution in [2.75, 3.05) is 14.7 Å². The molecule has 1 fully saturated rings. The Morgan fingerprint density at radius 2 is 1.01 bits per heavy atom. The van der Waals surface area contributed by atoms with E-state index in [0.717, 1.165) is 19.3 Å². The first kappa shape index (κ1) is 50.5. The van der Waals surface area contributed by atoms with Crippen LogP contribution in [0.5, 0.6) is 0 Å². The lowest BCUT2D eigenvalue weighted by atomic mass is 9.33. The highest BCUT2D eigenvalue weighted by molar-refractivity contribution is 7.00. The quantitative estimate of drug-likeness (QED) is 0.160. The molecular formula is C73H84BN3. The molecule has 3 nitrogen and oxygen atoms in total. The van der Waals surface area contributed by atoms with Crippen LogP contribution in [0.2, 0.25) is 0 Å². The largest absolute Gasteiger partial charge is 0.334 e. The van der Waals surface area contributed by atoms with E-state index >= 15 is 0 Å². The summed E-state index contributed by atoms with van der Waals surface area (Å²) >= 11 is 0. The van der Waals surface area contributed by atoms with Crippen molar-refractivity contribution < 1.29 is 0 Å². The second kappa shape index (κ2) is 16.1. The van der Waals surface area contributed by atoms with Gasteiger partial charge in [-0.2, -0.15) is 0 Å². The van der Waals surface area contributed by atoms with Crippen LogP contribution in [0.15, 0.2) is 127 Å². The van der Waals surface area contributed by atoms with Gasteiger partial charge in [0.15, 0.2) is 0 Å². The van der Waals surface area contributed by atoms with Gasteiger partial charge >= 0.3 is 0 Å². The van der Waals surface area contributed by atoms with Gasteiger partial charge in [-0.1, -0.05) is 196 Å². The first-order valence-corrected chi connectivity index (χ1v) is 29.5. The maximum absolute atomic E-state index is 2.86. The van der Waals surface area contributed by atoms with Gasteiger partial charge < -0.3 is 14.7 Å². The zero-order valence-electron chi connectivity index (χ0n) is 49.8. The highest BCUT2D eigenvalue weighted by Gasteiger charge is 2.59. The van der Waals surface area contributed by atoms with Crippen molar-refractivity contribution in [1.82, 2.24) is 0 Å². The second-order valence-electron chi connectivity index (χ2n) is 30.2. The van der Waals surface area contributed by atoms with Gasteiger partial charge in [-0.05, 0) is 181 Å². The highest BCUT2D eigenvalue weighted by atomic mass is 15.3. The smallest absolute Gasteiger partial charge is 0.252 e. The van der Waals surface area contributed by atoms with Crippen molar-refractivity contribution >= 4 is 68.6 Å². The number of rotatable bonds is 2. The molecule has 6 aliphatic rings. The Morgan fingerprint density at radius 3 is 1.71 bits per heavy atom. The number of benzene rings is 7. The summed E-state index contributed by atoms with van der Waals surface area (Å²) in [5, 5.41) is 0. The summed E-state index contributed by atoms with van der Waals surface area (Å²) in [6.45, 7) is 41.3. The van der Waals surface area contributed by atoms with Gasteiger partial charge in [0.1, 0.15) is 0 Å². The zero-order valence-corrected chi connectivity index (χ0v) is 49.8. The lowest BCUT2D eigenvalue weighted by Gasteiger charge is -2.51. The van der Waals surface area contributed by atoms with Crippen LogP contribution in [0.25, 0.3) is 11.1 Å². The van der Waals surface area contributed by atoms with Gasteiger partial charge in [0.2, 0.25) is 0 Å². The molecule has 7 aromatic carbocycles. The van der Waals surface area contributed by atoms with Gasteiger partial charge in [-0.25, -0.2) is 0 Å². The summed E-state index contributed by atoms with van der Waals surface area (Å²) < 4.78 is 0. The van der Waals surface area contributed by atoms with Gasteiger partial charge in [0.25, 0.3) is 6.71 Å². The zero-order chi connectivity index (χ0) is 54.5. The molecule has 0 spiro atoms. The van der Waals surface area contributed by atoms with Gasteiger partial charge in [-0.15, -0.1) is 0 Å². The Bertz CT molecular complexity index is 3640. The third-order valence-electron chi connectivity index (χ3n) is 20.7. The number of hydrogen-bond donors (Lipinski definition) is 0. The number of anilines is 8. The van der Waals surface area contributed by atoms with Crippen LogP contribution >= 0.6 is 0 Å². The Balaban J connectivity index is 1.21. The van der Waals surface area contributed by atoms with Crippen LogP contribution in [0.1, 0.15) is 201 Å². The fraction of sp³-hybridized carbons (Fsp3) is 0.425. The average Bonchev–Trinajstić information content (AvgIpc) is 3.61. The predicted octanol–water partition coefficient (Wildman–Crippen LogP) is 18.1. The molecule has 3 unspecified atom stereocenters. The minimum atomic E-state index is -0.167. The summed E-state index contributed by atoms with van der Waals surface area (Å²) in [6, 6.07) is 52.7. The molecule has 4 heterocycles. The number of nitrogens with zero attached hydrogens (tertiary/aromatic N) is 3. The fourth-order valence-electron chi connectivity index (χ4n) is 15.5. The lowest BCUT2D eigenvalue weighted by Crippen LogP contribution is -2.62. The van der Waals surface area contributed by atoms with E-state index < -0.39 is 0 Å². The van der Waals surface area contributed by atoms with Gasteiger partial charge in [0.05, 0.1) is 11.2 Å². The lowest BCUT2D eigenvalue weighted by molar-refractivity contribution is 0.195. The van der Waals surface area contributed by atoms with Crippen LogP contribution in [0, 0.1) is 0 Å². The second-order valence-corrected chi connectivity index (χ2v) is 30.2. The highest BCUT2D eigenvalue weighted by Crippen LogP contribution is 2.63. The van der Waals surface area contributed by atoms with E-state index in [1.807, 2.05) is 0 Å². The minimum absolute atomic E-state index is 0.00513. The van der Waals surface area contributed by atoms with Crippen molar-refractivity contribution in [2.24, 2.45) is 0 Å². The number of hydrogen-bond acceptors (Lipinski definition) is 3. The van der Waals surface area contributed by atoms with Crippen molar-refractivity contribution in [3.8, 4) is 11.1 Å². The molecule has 77 heavy (non-hydrogen) atoms. The molecule has 0 saturated heterocycles. The Kier molecular flexibility index (Phi) is 10.5. The molecule has 4 aliphatic heterocycles. The molecule has 7 aromatic rings. The SMILES string of the molecule is CC(C)(C)c1cccc(N2c3cc(C(C)(C)C)ccc3B3c4cc5c6cc4N(c4ccc(C(C)(C)C)cc4-c4cccc(c4)C6(C)CCC5(C)C)c4cc(N5c6ccc(C(C)(C)C)cc6C6(C)CCCCC56C)cc2c43)c1. The van der Waals surface area contributed by atoms with E-state index in [9.17, 15) is 0 Å². The van der Waals surface area contributed by atoms with Crippen LogP contribution < -0.4 is 31.1 Å². The summed E-state index contributed by atoms with van der Waals surface area (Å²) in [5.74, 6) is 0. The van der Waals surface area contributed by atoms with E-state index in [1.165, 1.54) is 137 Å². The summed E-state index contributed by atoms with van der Waals surface area (Å²) in [7, 11) is 0. The molecule has 0 N–H and O–H groups in total. The molecule has 0 radical (unpaired) electrons. The third-order valence-corrected chi connectivity index (χ3v) is 20.7. The molecule has 3 atom stereocenters. The molecule has 13 rings (SSSR count). The fourth-order valence-corrected chi connectivity index (χ4v) is 15.5. The minimum Gasteiger partial charge on any atom is -0.334 e. The van der Waals surface area contributed by atoms with Gasteiger partial charge in [0, 0.05) is 56.2 Å². The Morgan fingerprint density at radius 1 is 0.416 bits per heavy atom. The summed E-state index contributed by atoms with van der Waals surface area (Å²) in [4.78, 5) is 8.34. The topological polar surface area (TPSA) is 9.72 Å². The van der Waals surface area contributed by atoms with E-state index in [1.54, 1.807) is 0 Å². The first-order valence-electron chi connectivity index (χ1n) is 29.5. The molecule has 2 aliphatic carbocycles. The monoisotopic (exact) mass is 1010 g/mol. The van der Waals surface area contributed by atoms with Crippen molar-refractivity contribution in [3.63, 3.8) is 0 Å². The Hall–Kier alpha value is -6.00. The molecule has 0 aromatic heterocycles. The van der Waals surface area contributed by atoms with Crippen LogP contribution in [0.3, 0.4) is 0 Å². The maximum atomic E-state index is 2.86. The molecule has 1 saturated carbocycles. The van der Waals surface area contributed by atoms with E-state index in [-0.39, 0.29) is 50.2 Å². The summed E-state index contributed by atoms with van der Waals surface area (Å²) in [5.41, 5.74) is 28.0. The summed E-state index contributed by atoms with van der Waals surface area (Å²) in [6.07, 6.45) is 7.01. The first-order chi connectivity index (χ1) is 36.0. The van der Waals surface area contributed by atoms with Crippen LogP contribution in [-0.2, 0) is 37.9 Å². The van der Waals surface area contributed by atoms with Crippen molar-refractivity contribution in [3.05, 3.63) is 172 Å². The number of fused-ring (bicyclic) bond motifs is 13. The normalized spacial score (nSPS) is 22.7. The van der Waals surface area contributed by atoms with Gasteiger partial charge in [-0.3, -0.25) is 0 Å². The van der Waals surface area contributed by atoms with Crippen molar-refractivity contribution in [2.45, 2.75) is 200 Å². The molecule has 4 bridgehead atoms. The predicted molar refractivity (Wildman–Crippen MR) is 332 cm³/mol. The Labute approximate surface area is 463 Å². The average molecular weight is 1010 g/mol. The molecule has 0 amide bonds.